The molecule has 1 aromatic carbocycles. The monoisotopic (exact) mass is 469 g/mol. The first-order valence-corrected chi connectivity index (χ1v) is 10.7. The van der Waals surface area contributed by atoms with E-state index >= 15 is 0 Å². The lowest BCUT2D eigenvalue weighted by molar-refractivity contribution is 0.0746. The highest BCUT2D eigenvalue weighted by molar-refractivity contribution is 6.29. The highest BCUT2D eigenvalue weighted by Crippen LogP contribution is 2.40. The van der Waals surface area contributed by atoms with E-state index in [-0.39, 0.29) is 5.91 Å². The van der Waals surface area contributed by atoms with Gasteiger partial charge in [-0.25, -0.2) is 15.0 Å². The van der Waals surface area contributed by atoms with Crippen molar-refractivity contribution in [3.8, 4) is 28.5 Å². The van der Waals surface area contributed by atoms with E-state index in [1.165, 1.54) is 6.20 Å². The second-order valence-electron chi connectivity index (χ2n) is 7.30. The normalized spacial score (nSPS) is 13.6. The predicted octanol–water partition coefficient (Wildman–Crippen LogP) is 3.18. The van der Waals surface area contributed by atoms with Crippen LogP contribution in [-0.4, -0.2) is 73.3 Å². The molecule has 0 atom stereocenters. The van der Waals surface area contributed by atoms with Gasteiger partial charge in [-0.1, -0.05) is 11.6 Å². The lowest BCUT2D eigenvalue weighted by Crippen LogP contribution is -2.49. The molecule has 4 rings (SSSR count). The molecule has 33 heavy (non-hydrogen) atoms. The standard InChI is InChI=1S/C23H24ClN5O4/c1-31-18-12-16(13-19(32-2)21(18)33-3)17-5-7-26-23(27-17)29-10-8-28(9-11-29)22(30)15-4-6-25-20(24)14-15/h4-7,12-14H,8-11H2,1-3H3. The summed E-state index contributed by atoms with van der Waals surface area (Å²) in [7, 11) is 4.72. The van der Waals surface area contributed by atoms with Crippen LogP contribution in [0.3, 0.4) is 0 Å². The van der Waals surface area contributed by atoms with Crippen LogP contribution < -0.4 is 19.1 Å². The summed E-state index contributed by atoms with van der Waals surface area (Å²) in [6.45, 7) is 2.33. The molecule has 172 valence electrons. The molecule has 1 fully saturated rings. The van der Waals surface area contributed by atoms with Crippen LogP contribution in [0.15, 0.2) is 42.7 Å². The molecule has 0 aliphatic carbocycles. The fourth-order valence-corrected chi connectivity index (χ4v) is 3.89. The molecular weight excluding hydrogens is 446 g/mol. The van der Waals surface area contributed by atoms with Crippen molar-refractivity contribution < 1.29 is 19.0 Å². The molecule has 1 aliphatic rings. The van der Waals surface area contributed by atoms with Crippen molar-refractivity contribution in [2.75, 3.05) is 52.4 Å². The number of benzene rings is 1. The van der Waals surface area contributed by atoms with Crippen LogP contribution in [0, 0.1) is 0 Å². The van der Waals surface area contributed by atoms with Crippen LogP contribution in [0.2, 0.25) is 5.15 Å². The first-order chi connectivity index (χ1) is 16.0. The van der Waals surface area contributed by atoms with Crippen molar-refractivity contribution in [1.82, 2.24) is 19.9 Å². The molecule has 1 aliphatic heterocycles. The quantitative estimate of drug-likeness (QED) is 0.508. The van der Waals surface area contributed by atoms with Gasteiger partial charge in [-0.05, 0) is 30.3 Å². The van der Waals surface area contributed by atoms with Crippen molar-refractivity contribution in [1.29, 1.82) is 0 Å². The largest absolute Gasteiger partial charge is 0.493 e. The topological polar surface area (TPSA) is 89.9 Å². The van der Waals surface area contributed by atoms with Crippen LogP contribution in [0.25, 0.3) is 11.3 Å². The first-order valence-electron chi connectivity index (χ1n) is 10.3. The number of rotatable bonds is 6. The maximum atomic E-state index is 12.8. The Bertz CT molecular complexity index is 1130. The first kappa shape index (κ1) is 22.6. The Hall–Kier alpha value is -3.59. The zero-order chi connectivity index (χ0) is 23.4. The summed E-state index contributed by atoms with van der Waals surface area (Å²) < 4.78 is 16.3. The summed E-state index contributed by atoms with van der Waals surface area (Å²) in [5.74, 6) is 2.16. The molecule has 0 unspecified atom stereocenters. The second kappa shape index (κ2) is 9.91. The molecule has 9 nitrogen and oxygen atoms in total. The number of methoxy groups -OCH3 is 3. The van der Waals surface area contributed by atoms with Gasteiger partial charge < -0.3 is 24.0 Å². The van der Waals surface area contributed by atoms with Gasteiger partial charge in [-0.3, -0.25) is 4.79 Å². The lowest BCUT2D eigenvalue weighted by Gasteiger charge is -2.34. The maximum Gasteiger partial charge on any atom is 0.254 e. The van der Waals surface area contributed by atoms with Crippen LogP contribution in [0.5, 0.6) is 17.2 Å². The Labute approximate surface area is 196 Å². The lowest BCUT2D eigenvalue weighted by atomic mass is 10.1. The highest BCUT2D eigenvalue weighted by atomic mass is 35.5. The van der Waals surface area contributed by atoms with Crippen LogP contribution >= 0.6 is 11.6 Å². The molecule has 0 bridgehead atoms. The molecule has 3 heterocycles. The molecule has 0 spiro atoms. The third kappa shape index (κ3) is 4.78. The smallest absolute Gasteiger partial charge is 0.254 e. The maximum absolute atomic E-state index is 12.8. The van der Waals surface area contributed by atoms with Gasteiger partial charge in [-0.2, -0.15) is 0 Å². The average molecular weight is 470 g/mol. The van der Waals surface area contributed by atoms with Gasteiger partial charge in [-0.15, -0.1) is 0 Å². The minimum absolute atomic E-state index is 0.0639. The minimum atomic E-state index is -0.0639. The van der Waals surface area contributed by atoms with E-state index in [9.17, 15) is 4.79 Å². The molecule has 1 saturated heterocycles. The Kier molecular flexibility index (Phi) is 6.79. The number of nitrogens with zero attached hydrogens (tertiary/aromatic N) is 5. The van der Waals surface area contributed by atoms with Gasteiger partial charge in [0.2, 0.25) is 11.7 Å². The molecule has 0 radical (unpaired) electrons. The molecule has 3 aromatic rings. The van der Waals surface area contributed by atoms with Crippen LogP contribution in [0.4, 0.5) is 5.95 Å². The number of carbonyl (C=O) groups excluding carboxylic acids is 1. The summed E-state index contributed by atoms with van der Waals surface area (Å²) >= 11 is 5.92. The minimum Gasteiger partial charge on any atom is -0.493 e. The van der Waals surface area contributed by atoms with Crippen molar-refractivity contribution >= 4 is 23.5 Å². The Morgan fingerprint density at radius 2 is 1.58 bits per heavy atom. The summed E-state index contributed by atoms with van der Waals surface area (Å²) in [4.78, 5) is 29.7. The molecule has 2 aromatic heterocycles. The molecular formula is C23H24ClN5O4. The van der Waals surface area contributed by atoms with E-state index in [2.05, 4.69) is 14.9 Å². The molecule has 10 heteroatoms. The highest BCUT2D eigenvalue weighted by Gasteiger charge is 2.24. The number of aromatic nitrogens is 3. The zero-order valence-corrected chi connectivity index (χ0v) is 19.4. The van der Waals surface area contributed by atoms with E-state index in [4.69, 9.17) is 30.8 Å². The summed E-state index contributed by atoms with van der Waals surface area (Å²) in [6.07, 6.45) is 3.26. The SMILES string of the molecule is COc1cc(-c2ccnc(N3CCN(C(=O)c4ccnc(Cl)c4)CC3)n2)cc(OC)c1OC. The predicted molar refractivity (Wildman–Crippen MR) is 124 cm³/mol. The fraction of sp³-hybridized carbons (Fsp3) is 0.304. The Morgan fingerprint density at radius 1 is 0.909 bits per heavy atom. The molecule has 0 saturated carbocycles. The van der Waals surface area contributed by atoms with Crippen molar-refractivity contribution in [3.63, 3.8) is 0 Å². The summed E-state index contributed by atoms with van der Waals surface area (Å²) in [5, 5.41) is 0.302. The number of hydrogen-bond acceptors (Lipinski definition) is 8. The van der Waals surface area contributed by atoms with E-state index in [0.29, 0.717) is 60.1 Å². The molecule has 0 N–H and O–H groups in total. The van der Waals surface area contributed by atoms with E-state index < -0.39 is 0 Å². The molecule has 1 amide bonds. The number of hydrogen-bond donors (Lipinski definition) is 0. The number of piperazine rings is 1. The van der Waals surface area contributed by atoms with Gasteiger partial charge in [0.15, 0.2) is 11.5 Å². The Balaban J connectivity index is 1.51. The Morgan fingerprint density at radius 3 is 2.18 bits per heavy atom. The van der Waals surface area contributed by atoms with E-state index in [1.807, 2.05) is 18.2 Å². The van der Waals surface area contributed by atoms with E-state index in [0.717, 1.165) is 11.3 Å². The number of ether oxygens (including phenoxy) is 3. The number of carbonyl (C=O) groups is 1. The number of amides is 1. The summed E-state index contributed by atoms with van der Waals surface area (Å²) in [6, 6.07) is 8.79. The average Bonchev–Trinajstić information content (AvgIpc) is 2.87. The van der Waals surface area contributed by atoms with Gasteiger partial charge in [0.25, 0.3) is 5.91 Å². The number of halogens is 1. The number of pyridine rings is 1. The van der Waals surface area contributed by atoms with E-state index in [1.54, 1.807) is 44.6 Å². The zero-order valence-electron chi connectivity index (χ0n) is 18.6. The van der Waals surface area contributed by atoms with Crippen molar-refractivity contribution in [3.05, 3.63) is 53.4 Å². The second-order valence-corrected chi connectivity index (χ2v) is 7.69. The summed E-state index contributed by atoms with van der Waals surface area (Å²) in [5.41, 5.74) is 2.07. The van der Waals surface area contributed by atoms with Gasteiger partial charge in [0.05, 0.1) is 27.0 Å². The number of anilines is 1. The van der Waals surface area contributed by atoms with Gasteiger partial charge in [0, 0.05) is 49.7 Å². The van der Waals surface area contributed by atoms with Gasteiger partial charge in [0.1, 0.15) is 5.15 Å². The van der Waals surface area contributed by atoms with Crippen LogP contribution in [-0.2, 0) is 0 Å². The third-order valence-electron chi connectivity index (χ3n) is 5.43. The third-order valence-corrected chi connectivity index (χ3v) is 5.63. The van der Waals surface area contributed by atoms with Crippen LogP contribution in [0.1, 0.15) is 10.4 Å². The van der Waals surface area contributed by atoms with Crippen molar-refractivity contribution in [2.45, 2.75) is 0 Å². The van der Waals surface area contributed by atoms with Gasteiger partial charge >= 0.3 is 0 Å². The van der Waals surface area contributed by atoms with Crippen molar-refractivity contribution in [2.24, 2.45) is 0 Å². The fourth-order valence-electron chi connectivity index (χ4n) is 3.72.